The fourth-order valence-electron chi connectivity index (χ4n) is 1.54. The number of nitrogens with two attached hydrogens (primary N) is 1. The van der Waals surface area contributed by atoms with Crippen molar-refractivity contribution in [3.63, 3.8) is 0 Å². The lowest BCUT2D eigenvalue weighted by atomic mass is 10.3. The highest BCUT2D eigenvalue weighted by atomic mass is 16.5. The van der Waals surface area contributed by atoms with Gasteiger partial charge >= 0.3 is 0 Å². The summed E-state index contributed by atoms with van der Waals surface area (Å²) in [4.78, 5) is 0. The molecule has 1 aromatic carbocycles. The van der Waals surface area contributed by atoms with Gasteiger partial charge in [0.2, 0.25) is 0 Å². The predicted molar refractivity (Wildman–Crippen MR) is 66.6 cm³/mol. The van der Waals surface area contributed by atoms with Gasteiger partial charge in [-0.2, -0.15) is 0 Å². The van der Waals surface area contributed by atoms with Gasteiger partial charge in [-0.1, -0.05) is 5.21 Å². The van der Waals surface area contributed by atoms with Crippen LogP contribution in [-0.4, -0.2) is 35.3 Å². The first kappa shape index (κ1) is 12.5. The molecule has 0 unspecified atom stereocenters. The van der Waals surface area contributed by atoms with E-state index in [-0.39, 0.29) is 0 Å². The smallest absolute Gasteiger partial charge is 0.119 e. The second-order valence-corrected chi connectivity index (χ2v) is 3.68. The van der Waals surface area contributed by atoms with Gasteiger partial charge in [-0.15, -0.1) is 5.10 Å². The van der Waals surface area contributed by atoms with Crippen molar-refractivity contribution in [2.24, 2.45) is 5.73 Å². The van der Waals surface area contributed by atoms with Crippen LogP contribution in [0.15, 0.2) is 30.5 Å². The molecule has 2 rings (SSSR count). The van der Waals surface area contributed by atoms with E-state index < -0.39 is 0 Å². The molecule has 0 saturated carbocycles. The number of methoxy groups -OCH3 is 1. The molecule has 0 amide bonds. The van der Waals surface area contributed by atoms with Gasteiger partial charge in [-0.25, -0.2) is 4.68 Å². The van der Waals surface area contributed by atoms with Crippen molar-refractivity contribution < 1.29 is 9.47 Å². The second kappa shape index (κ2) is 6.13. The summed E-state index contributed by atoms with van der Waals surface area (Å²) in [6.45, 7) is 1.51. The van der Waals surface area contributed by atoms with E-state index in [9.17, 15) is 0 Å². The van der Waals surface area contributed by atoms with Gasteiger partial charge in [0.25, 0.3) is 0 Å². The van der Waals surface area contributed by atoms with E-state index in [1.165, 1.54) is 0 Å². The average molecular weight is 248 g/mol. The van der Waals surface area contributed by atoms with Crippen molar-refractivity contribution in [1.29, 1.82) is 0 Å². The van der Waals surface area contributed by atoms with Gasteiger partial charge in [-0.3, -0.25) is 0 Å². The van der Waals surface area contributed by atoms with Crippen molar-refractivity contribution in [3.05, 3.63) is 36.2 Å². The SMILES string of the molecule is COCCOc1ccc(-n2nncc2CN)cc1. The third-order valence-electron chi connectivity index (χ3n) is 2.47. The van der Waals surface area contributed by atoms with Gasteiger partial charge in [0.1, 0.15) is 12.4 Å². The number of benzene rings is 1. The van der Waals surface area contributed by atoms with Crippen LogP contribution >= 0.6 is 0 Å². The maximum atomic E-state index is 5.60. The molecule has 0 aliphatic carbocycles. The van der Waals surface area contributed by atoms with Crippen LogP contribution in [0.5, 0.6) is 5.75 Å². The van der Waals surface area contributed by atoms with E-state index in [1.807, 2.05) is 24.3 Å². The van der Waals surface area contributed by atoms with Gasteiger partial charge in [0.15, 0.2) is 0 Å². The minimum Gasteiger partial charge on any atom is -0.491 e. The van der Waals surface area contributed by atoms with Crippen molar-refractivity contribution >= 4 is 0 Å². The van der Waals surface area contributed by atoms with Crippen LogP contribution in [0.4, 0.5) is 0 Å². The fourth-order valence-corrected chi connectivity index (χ4v) is 1.54. The molecule has 0 saturated heterocycles. The summed E-state index contributed by atoms with van der Waals surface area (Å²) < 4.78 is 12.1. The van der Waals surface area contributed by atoms with Crippen LogP contribution in [0, 0.1) is 0 Å². The Bertz CT molecular complexity index is 481. The molecule has 0 atom stereocenters. The monoisotopic (exact) mass is 248 g/mol. The molecule has 1 heterocycles. The van der Waals surface area contributed by atoms with Crippen LogP contribution in [0.25, 0.3) is 5.69 Å². The fraction of sp³-hybridized carbons (Fsp3) is 0.333. The molecule has 6 heteroatoms. The molecule has 6 nitrogen and oxygen atoms in total. The molecule has 0 aliphatic heterocycles. The highest BCUT2D eigenvalue weighted by molar-refractivity contribution is 5.37. The third kappa shape index (κ3) is 2.85. The largest absolute Gasteiger partial charge is 0.491 e. The first-order valence-corrected chi connectivity index (χ1v) is 5.67. The zero-order chi connectivity index (χ0) is 12.8. The molecule has 0 bridgehead atoms. The number of hydrogen-bond donors (Lipinski definition) is 1. The van der Waals surface area contributed by atoms with E-state index in [2.05, 4.69) is 10.3 Å². The number of aromatic nitrogens is 3. The Morgan fingerprint density at radius 1 is 1.22 bits per heavy atom. The topological polar surface area (TPSA) is 75.2 Å². The Kier molecular flexibility index (Phi) is 4.27. The Labute approximate surface area is 105 Å². The summed E-state index contributed by atoms with van der Waals surface area (Å²) in [7, 11) is 1.64. The second-order valence-electron chi connectivity index (χ2n) is 3.68. The van der Waals surface area contributed by atoms with Crippen LogP contribution in [0.2, 0.25) is 0 Å². The first-order chi connectivity index (χ1) is 8.85. The summed E-state index contributed by atoms with van der Waals surface area (Å²) in [5.74, 6) is 0.796. The zero-order valence-corrected chi connectivity index (χ0v) is 10.2. The molecule has 2 N–H and O–H groups in total. The minimum absolute atomic E-state index is 0.402. The van der Waals surface area contributed by atoms with E-state index >= 15 is 0 Å². The summed E-state index contributed by atoms with van der Waals surface area (Å²) in [5, 5.41) is 7.83. The molecular weight excluding hydrogens is 232 g/mol. The lowest BCUT2D eigenvalue weighted by Crippen LogP contribution is -2.07. The van der Waals surface area contributed by atoms with Crippen LogP contribution in [0.3, 0.4) is 0 Å². The van der Waals surface area contributed by atoms with Gasteiger partial charge in [-0.05, 0) is 24.3 Å². The van der Waals surface area contributed by atoms with Crippen molar-refractivity contribution in [2.75, 3.05) is 20.3 Å². The standard InChI is InChI=1S/C12H16N4O2/c1-17-6-7-18-12-4-2-10(3-5-12)16-11(8-13)9-14-15-16/h2-5,9H,6-8,13H2,1H3. The lowest BCUT2D eigenvalue weighted by Gasteiger charge is -2.07. The number of nitrogens with zero attached hydrogens (tertiary/aromatic N) is 3. The van der Waals surface area contributed by atoms with E-state index in [4.69, 9.17) is 15.2 Å². The van der Waals surface area contributed by atoms with Crippen LogP contribution in [-0.2, 0) is 11.3 Å². The Balaban J connectivity index is 2.07. The number of ether oxygens (including phenoxy) is 2. The van der Waals surface area contributed by atoms with Gasteiger partial charge in [0.05, 0.1) is 24.2 Å². The Hall–Kier alpha value is -1.92. The molecule has 2 aromatic rings. The summed E-state index contributed by atoms with van der Waals surface area (Å²) >= 11 is 0. The highest BCUT2D eigenvalue weighted by Crippen LogP contribution is 2.15. The summed E-state index contributed by atoms with van der Waals surface area (Å²) in [6.07, 6.45) is 1.66. The molecule has 0 fully saturated rings. The van der Waals surface area contributed by atoms with Crippen molar-refractivity contribution in [1.82, 2.24) is 15.0 Å². The average Bonchev–Trinajstić information content (AvgIpc) is 2.88. The summed E-state index contributed by atoms with van der Waals surface area (Å²) in [6, 6.07) is 7.59. The molecule has 96 valence electrons. The van der Waals surface area contributed by atoms with E-state index in [0.717, 1.165) is 17.1 Å². The van der Waals surface area contributed by atoms with Crippen LogP contribution in [0.1, 0.15) is 5.69 Å². The maximum Gasteiger partial charge on any atom is 0.119 e. The zero-order valence-electron chi connectivity index (χ0n) is 10.2. The summed E-state index contributed by atoms with van der Waals surface area (Å²) in [5.41, 5.74) is 7.38. The maximum absolute atomic E-state index is 5.60. The molecule has 18 heavy (non-hydrogen) atoms. The van der Waals surface area contributed by atoms with Crippen molar-refractivity contribution in [3.8, 4) is 11.4 Å². The van der Waals surface area contributed by atoms with Gasteiger partial charge in [0, 0.05) is 13.7 Å². The van der Waals surface area contributed by atoms with Gasteiger partial charge < -0.3 is 15.2 Å². The number of hydrogen-bond acceptors (Lipinski definition) is 5. The van der Waals surface area contributed by atoms with E-state index in [0.29, 0.717) is 19.8 Å². The number of rotatable bonds is 6. The van der Waals surface area contributed by atoms with Crippen LogP contribution < -0.4 is 10.5 Å². The molecule has 0 aliphatic rings. The highest BCUT2D eigenvalue weighted by Gasteiger charge is 2.04. The Morgan fingerprint density at radius 2 is 2.00 bits per heavy atom. The Morgan fingerprint density at radius 3 is 2.67 bits per heavy atom. The lowest BCUT2D eigenvalue weighted by molar-refractivity contribution is 0.146. The van der Waals surface area contributed by atoms with E-state index in [1.54, 1.807) is 18.0 Å². The third-order valence-corrected chi connectivity index (χ3v) is 2.47. The normalized spacial score (nSPS) is 10.6. The molecule has 0 spiro atoms. The molecular formula is C12H16N4O2. The molecule has 0 radical (unpaired) electrons. The first-order valence-electron chi connectivity index (χ1n) is 5.67. The van der Waals surface area contributed by atoms with Crippen molar-refractivity contribution in [2.45, 2.75) is 6.54 Å². The quantitative estimate of drug-likeness (QED) is 0.763. The minimum atomic E-state index is 0.402. The predicted octanol–water partition coefficient (Wildman–Crippen LogP) is 0.751. The molecule has 1 aromatic heterocycles.